The number of aromatic nitrogens is 2. The highest BCUT2D eigenvalue weighted by molar-refractivity contribution is 6.31. The van der Waals surface area contributed by atoms with Crippen LogP contribution in [0.3, 0.4) is 0 Å². The van der Waals surface area contributed by atoms with Gasteiger partial charge in [-0.05, 0) is 76.0 Å². The predicted molar refractivity (Wildman–Crippen MR) is 131 cm³/mol. The molecule has 0 radical (unpaired) electrons. The lowest BCUT2D eigenvalue weighted by atomic mass is 9.91. The highest BCUT2D eigenvalue weighted by Crippen LogP contribution is 2.29. The van der Waals surface area contributed by atoms with Crippen molar-refractivity contribution in [1.29, 1.82) is 0 Å². The Hall–Kier alpha value is -2.54. The molecule has 1 aromatic heterocycles. The summed E-state index contributed by atoms with van der Waals surface area (Å²) < 4.78 is 0. The maximum absolute atomic E-state index is 12.4. The van der Waals surface area contributed by atoms with Crippen molar-refractivity contribution in [3.05, 3.63) is 40.0 Å². The Labute approximate surface area is 195 Å². The van der Waals surface area contributed by atoms with Crippen LogP contribution in [0.5, 0.6) is 0 Å². The quantitative estimate of drug-likeness (QED) is 0.594. The number of carbonyl (C=O) groups is 1. The smallest absolute Gasteiger partial charge is 0.319 e. The molecule has 32 heavy (non-hydrogen) atoms. The maximum Gasteiger partial charge on any atom is 0.319 e. The van der Waals surface area contributed by atoms with Gasteiger partial charge in [0.25, 0.3) is 0 Å². The first-order valence-corrected chi connectivity index (χ1v) is 11.9. The molecule has 2 aliphatic carbocycles. The van der Waals surface area contributed by atoms with Crippen LogP contribution in [0.4, 0.5) is 22.2 Å². The van der Waals surface area contributed by atoms with Gasteiger partial charge in [-0.25, -0.2) is 9.78 Å². The molecule has 0 spiro atoms. The van der Waals surface area contributed by atoms with Crippen molar-refractivity contribution in [3.63, 3.8) is 0 Å². The average Bonchev–Trinajstić information content (AvgIpc) is 2.77. The van der Waals surface area contributed by atoms with Crippen LogP contribution in [0.15, 0.2) is 18.2 Å². The lowest BCUT2D eigenvalue weighted by Crippen LogP contribution is -2.42. The molecule has 2 amide bonds. The molecule has 1 heterocycles. The minimum absolute atomic E-state index is 0.161. The molecule has 1 aromatic carbocycles. The summed E-state index contributed by atoms with van der Waals surface area (Å²) in [5, 5.41) is 10.2. The Bertz CT molecular complexity index is 971. The number of amides is 2. The third-order valence-corrected chi connectivity index (χ3v) is 6.66. The number of benzene rings is 1. The van der Waals surface area contributed by atoms with Crippen LogP contribution in [-0.4, -0.2) is 42.2 Å². The molecular formula is C24H33ClN6O. The van der Waals surface area contributed by atoms with Crippen molar-refractivity contribution in [3.8, 4) is 0 Å². The zero-order valence-corrected chi connectivity index (χ0v) is 19.9. The van der Waals surface area contributed by atoms with E-state index in [0.29, 0.717) is 11.1 Å². The number of rotatable bonds is 5. The SMILES string of the molecule is Cc1ccc(Cl)cc1NC(=O)N[C@H]1CC[C@@H](Nc2nc3c(c(N(C)C)n2)CCCC3)CC1. The standard InChI is InChI=1S/C24H33ClN6O/c1-15-8-9-16(25)14-21(15)29-24(32)27-18-12-10-17(11-13-18)26-23-28-20-7-5-4-6-19(20)22(30-23)31(2)3/h8-9,14,17-18H,4-7,10-13H2,1-3H3,(H,26,28,30)(H2,27,29,32)/t17-,18+. The lowest BCUT2D eigenvalue weighted by molar-refractivity contribution is 0.243. The predicted octanol–water partition coefficient (Wildman–Crippen LogP) is 4.93. The first-order chi connectivity index (χ1) is 15.4. The molecular weight excluding hydrogens is 424 g/mol. The number of fused-ring (bicyclic) bond motifs is 1. The van der Waals surface area contributed by atoms with Crippen LogP contribution in [0.1, 0.15) is 55.3 Å². The van der Waals surface area contributed by atoms with Crippen LogP contribution >= 0.6 is 11.6 Å². The van der Waals surface area contributed by atoms with Gasteiger partial charge in [-0.2, -0.15) is 4.98 Å². The summed E-state index contributed by atoms with van der Waals surface area (Å²) in [6.45, 7) is 1.95. The number of halogens is 1. The third-order valence-electron chi connectivity index (χ3n) is 6.43. The zero-order valence-electron chi connectivity index (χ0n) is 19.2. The molecule has 1 saturated carbocycles. The summed E-state index contributed by atoms with van der Waals surface area (Å²) in [7, 11) is 4.10. The number of nitrogens with zero attached hydrogens (tertiary/aromatic N) is 3. The summed E-state index contributed by atoms with van der Waals surface area (Å²) >= 11 is 6.05. The summed E-state index contributed by atoms with van der Waals surface area (Å²) in [5.74, 6) is 1.78. The Morgan fingerprint density at radius 2 is 1.78 bits per heavy atom. The Balaban J connectivity index is 1.31. The fourth-order valence-corrected chi connectivity index (χ4v) is 4.82. The number of hydrogen-bond donors (Lipinski definition) is 3. The van der Waals surface area contributed by atoms with Gasteiger partial charge in [0.15, 0.2) is 0 Å². The molecule has 2 aromatic rings. The van der Waals surface area contributed by atoms with Crippen molar-refractivity contribution in [2.24, 2.45) is 0 Å². The summed E-state index contributed by atoms with van der Waals surface area (Å²) in [6, 6.07) is 5.80. The molecule has 0 saturated heterocycles. The maximum atomic E-state index is 12.4. The number of nitrogens with one attached hydrogen (secondary N) is 3. The second-order valence-corrected chi connectivity index (χ2v) is 9.58. The average molecular weight is 457 g/mol. The Morgan fingerprint density at radius 1 is 1.06 bits per heavy atom. The van der Waals surface area contributed by atoms with E-state index in [1.807, 2.05) is 33.2 Å². The van der Waals surface area contributed by atoms with E-state index in [4.69, 9.17) is 21.6 Å². The summed E-state index contributed by atoms with van der Waals surface area (Å²) in [5.41, 5.74) is 4.23. The van der Waals surface area contributed by atoms with E-state index in [1.165, 1.54) is 24.1 Å². The molecule has 0 atom stereocenters. The molecule has 172 valence electrons. The van der Waals surface area contributed by atoms with Crippen LogP contribution in [-0.2, 0) is 12.8 Å². The van der Waals surface area contributed by atoms with E-state index in [9.17, 15) is 4.79 Å². The van der Waals surface area contributed by atoms with Crippen molar-refractivity contribution in [2.45, 2.75) is 70.4 Å². The largest absolute Gasteiger partial charge is 0.362 e. The number of hydrogen-bond acceptors (Lipinski definition) is 5. The van der Waals surface area contributed by atoms with E-state index in [0.717, 1.165) is 61.5 Å². The van der Waals surface area contributed by atoms with Crippen molar-refractivity contribution >= 4 is 35.1 Å². The molecule has 4 rings (SSSR count). The van der Waals surface area contributed by atoms with Gasteiger partial charge in [0.05, 0.1) is 5.69 Å². The Morgan fingerprint density at radius 3 is 2.53 bits per heavy atom. The molecule has 1 fully saturated rings. The van der Waals surface area contributed by atoms with E-state index in [1.54, 1.807) is 6.07 Å². The van der Waals surface area contributed by atoms with Crippen molar-refractivity contribution in [1.82, 2.24) is 15.3 Å². The molecule has 3 N–H and O–H groups in total. The fraction of sp³-hybridized carbons (Fsp3) is 0.542. The summed E-state index contributed by atoms with van der Waals surface area (Å²) in [6.07, 6.45) is 8.30. The van der Waals surface area contributed by atoms with Crippen LogP contribution in [0.25, 0.3) is 0 Å². The van der Waals surface area contributed by atoms with Gasteiger partial charge in [-0.1, -0.05) is 17.7 Å². The molecule has 7 nitrogen and oxygen atoms in total. The lowest BCUT2D eigenvalue weighted by Gasteiger charge is -2.30. The van der Waals surface area contributed by atoms with E-state index < -0.39 is 0 Å². The number of urea groups is 1. The summed E-state index contributed by atoms with van der Waals surface area (Å²) in [4.78, 5) is 24.2. The zero-order chi connectivity index (χ0) is 22.7. The normalized spacial score (nSPS) is 20.2. The van der Waals surface area contributed by atoms with Gasteiger partial charge < -0.3 is 20.9 Å². The molecule has 2 aliphatic rings. The van der Waals surface area contributed by atoms with Crippen LogP contribution < -0.4 is 20.9 Å². The number of anilines is 3. The van der Waals surface area contributed by atoms with Gasteiger partial charge in [0, 0.05) is 42.5 Å². The fourth-order valence-electron chi connectivity index (χ4n) is 4.65. The van der Waals surface area contributed by atoms with E-state index in [2.05, 4.69) is 20.9 Å². The topological polar surface area (TPSA) is 82.2 Å². The second kappa shape index (κ2) is 9.94. The minimum atomic E-state index is -0.180. The van der Waals surface area contributed by atoms with E-state index in [-0.39, 0.29) is 12.1 Å². The van der Waals surface area contributed by atoms with Gasteiger partial charge in [0.2, 0.25) is 5.95 Å². The van der Waals surface area contributed by atoms with Crippen LogP contribution in [0, 0.1) is 6.92 Å². The number of aryl methyl sites for hydroxylation is 2. The minimum Gasteiger partial charge on any atom is -0.362 e. The van der Waals surface area contributed by atoms with Gasteiger partial charge >= 0.3 is 6.03 Å². The molecule has 8 heteroatoms. The molecule has 0 unspecified atom stereocenters. The highest BCUT2D eigenvalue weighted by atomic mass is 35.5. The first kappa shape index (κ1) is 22.6. The molecule has 0 bridgehead atoms. The highest BCUT2D eigenvalue weighted by Gasteiger charge is 2.25. The Kier molecular flexibility index (Phi) is 7.04. The van der Waals surface area contributed by atoms with Gasteiger partial charge in [-0.15, -0.1) is 0 Å². The van der Waals surface area contributed by atoms with Crippen molar-refractivity contribution in [2.75, 3.05) is 29.6 Å². The van der Waals surface area contributed by atoms with E-state index >= 15 is 0 Å². The van der Waals surface area contributed by atoms with Gasteiger partial charge in [-0.3, -0.25) is 0 Å². The number of carbonyl (C=O) groups excluding carboxylic acids is 1. The monoisotopic (exact) mass is 456 g/mol. The van der Waals surface area contributed by atoms with Crippen molar-refractivity contribution < 1.29 is 4.79 Å². The third kappa shape index (κ3) is 5.44. The van der Waals surface area contributed by atoms with Gasteiger partial charge in [0.1, 0.15) is 5.82 Å². The first-order valence-electron chi connectivity index (χ1n) is 11.6. The van der Waals surface area contributed by atoms with Crippen LogP contribution in [0.2, 0.25) is 5.02 Å². The molecule has 0 aliphatic heterocycles. The second-order valence-electron chi connectivity index (χ2n) is 9.15.